The fourth-order valence-corrected chi connectivity index (χ4v) is 3.68. The van der Waals surface area contributed by atoms with Crippen LogP contribution in [0.1, 0.15) is 20.8 Å². The Morgan fingerprint density at radius 3 is 2.43 bits per heavy atom. The van der Waals surface area contributed by atoms with Gasteiger partial charge in [-0.05, 0) is 32.9 Å². The van der Waals surface area contributed by atoms with Crippen molar-refractivity contribution in [2.24, 2.45) is 0 Å². The molecule has 1 aliphatic heterocycles. The standard InChI is InChI=1S/C14H22NO5P/c1-4-18-14(16)10-12-15-11-8-7-9-13(15)21(17,19-5-2)20-6-3/h7-13H,4-6H2,1-3H3/b12-10+. The lowest BCUT2D eigenvalue weighted by atomic mass is 10.3. The molecule has 1 heterocycles. The van der Waals surface area contributed by atoms with Gasteiger partial charge in [-0.25, -0.2) is 4.79 Å². The van der Waals surface area contributed by atoms with Gasteiger partial charge in [0.25, 0.3) is 0 Å². The van der Waals surface area contributed by atoms with Gasteiger partial charge in [0.2, 0.25) is 0 Å². The molecular weight excluding hydrogens is 293 g/mol. The molecule has 0 aromatic heterocycles. The van der Waals surface area contributed by atoms with Crippen LogP contribution in [0.5, 0.6) is 0 Å². The molecule has 118 valence electrons. The zero-order chi connectivity index (χ0) is 15.7. The molecule has 0 aromatic carbocycles. The van der Waals surface area contributed by atoms with Crippen molar-refractivity contribution in [1.29, 1.82) is 0 Å². The van der Waals surface area contributed by atoms with Gasteiger partial charge >= 0.3 is 13.6 Å². The van der Waals surface area contributed by atoms with Gasteiger partial charge in [0, 0.05) is 18.5 Å². The number of carbonyl (C=O) groups excluding carboxylic acids is 1. The number of nitrogens with zero attached hydrogens (tertiary/aromatic N) is 1. The summed E-state index contributed by atoms with van der Waals surface area (Å²) in [5, 5.41) is 0. The van der Waals surface area contributed by atoms with E-state index in [0.29, 0.717) is 6.61 Å². The van der Waals surface area contributed by atoms with Crippen molar-refractivity contribution in [3.63, 3.8) is 0 Å². The van der Waals surface area contributed by atoms with Crippen molar-refractivity contribution in [3.8, 4) is 0 Å². The molecule has 0 saturated heterocycles. The Bertz CT molecular complexity index is 462. The maximum absolute atomic E-state index is 12.8. The molecule has 1 atom stereocenters. The van der Waals surface area contributed by atoms with Crippen LogP contribution in [0.4, 0.5) is 0 Å². The molecule has 0 aromatic rings. The second-order valence-electron chi connectivity index (χ2n) is 4.03. The van der Waals surface area contributed by atoms with Crippen molar-refractivity contribution in [2.75, 3.05) is 19.8 Å². The third kappa shape index (κ3) is 5.16. The van der Waals surface area contributed by atoms with Crippen LogP contribution < -0.4 is 0 Å². The minimum atomic E-state index is -3.34. The number of esters is 1. The van der Waals surface area contributed by atoms with E-state index in [0.717, 1.165) is 0 Å². The van der Waals surface area contributed by atoms with E-state index in [2.05, 4.69) is 0 Å². The van der Waals surface area contributed by atoms with Crippen LogP contribution in [0.3, 0.4) is 0 Å². The first-order valence-corrected chi connectivity index (χ1v) is 8.54. The lowest BCUT2D eigenvalue weighted by molar-refractivity contribution is -0.137. The van der Waals surface area contributed by atoms with E-state index in [1.807, 2.05) is 0 Å². The number of ether oxygens (including phenoxy) is 1. The molecule has 0 N–H and O–H groups in total. The number of allylic oxidation sites excluding steroid dienone is 2. The predicted octanol–water partition coefficient (Wildman–Crippen LogP) is 3.04. The molecule has 6 nitrogen and oxygen atoms in total. The number of carbonyl (C=O) groups is 1. The normalized spacial score (nSPS) is 18.4. The molecule has 1 aliphatic rings. The summed E-state index contributed by atoms with van der Waals surface area (Å²) in [5.74, 6) is -1.06. The topological polar surface area (TPSA) is 65.1 Å². The number of rotatable bonds is 8. The van der Waals surface area contributed by atoms with Crippen molar-refractivity contribution >= 4 is 13.6 Å². The van der Waals surface area contributed by atoms with Crippen LogP contribution in [0.2, 0.25) is 0 Å². The van der Waals surface area contributed by atoms with E-state index in [4.69, 9.17) is 13.8 Å². The highest BCUT2D eigenvalue weighted by atomic mass is 31.2. The fraction of sp³-hybridized carbons (Fsp3) is 0.500. The van der Waals surface area contributed by atoms with Gasteiger partial charge in [-0.15, -0.1) is 0 Å². The van der Waals surface area contributed by atoms with Crippen LogP contribution in [0.15, 0.2) is 36.7 Å². The van der Waals surface area contributed by atoms with Gasteiger partial charge in [-0.3, -0.25) is 4.57 Å². The lowest BCUT2D eigenvalue weighted by Gasteiger charge is -2.32. The van der Waals surface area contributed by atoms with Crippen molar-refractivity contribution < 1.29 is 23.1 Å². The molecule has 21 heavy (non-hydrogen) atoms. The van der Waals surface area contributed by atoms with Crippen LogP contribution in [-0.2, 0) is 23.1 Å². The van der Waals surface area contributed by atoms with Gasteiger partial charge in [-0.2, -0.15) is 0 Å². The monoisotopic (exact) mass is 315 g/mol. The van der Waals surface area contributed by atoms with E-state index in [-0.39, 0.29) is 13.2 Å². The summed E-state index contributed by atoms with van der Waals surface area (Å²) in [7, 11) is -3.34. The fourth-order valence-electron chi connectivity index (χ4n) is 1.79. The average molecular weight is 315 g/mol. The minimum Gasteiger partial charge on any atom is -0.463 e. The Kier molecular flexibility index (Phi) is 7.43. The smallest absolute Gasteiger partial charge is 0.357 e. The lowest BCUT2D eigenvalue weighted by Crippen LogP contribution is -2.28. The Labute approximate surface area is 125 Å². The summed E-state index contributed by atoms with van der Waals surface area (Å²) >= 11 is 0. The van der Waals surface area contributed by atoms with E-state index in [1.54, 1.807) is 50.1 Å². The molecule has 0 bridgehead atoms. The first kappa shape index (κ1) is 17.7. The summed E-state index contributed by atoms with van der Waals surface area (Å²) in [5.41, 5.74) is 0. The summed E-state index contributed by atoms with van der Waals surface area (Å²) < 4.78 is 28.4. The molecule has 0 fully saturated rings. The largest absolute Gasteiger partial charge is 0.463 e. The number of hydrogen-bond acceptors (Lipinski definition) is 6. The van der Waals surface area contributed by atoms with Crippen LogP contribution in [0.25, 0.3) is 0 Å². The third-order valence-corrected chi connectivity index (χ3v) is 4.89. The van der Waals surface area contributed by atoms with Gasteiger partial charge in [0.05, 0.1) is 19.8 Å². The zero-order valence-electron chi connectivity index (χ0n) is 12.6. The van der Waals surface area contributed by atoms with Crippen molar-refractivity contribution in [3.05, 3.63) is 36.7 Å². The predicted molar refractivity (Wildman–Crippen MR) is 80.5 cm³/mol. The highest BCUT2D eigenvalue weighted by Gasteiger charge is 2.37. The number of hydrogen-bond donors (Lipinski definition) is 0. The minimum absolute atomic E-state index is 0.279. The Morgan fingerprint density at radius 1 is 1.19 bits per heavy atom. The third-order valence-electron chi connectivity index (χ3n) is 2.57. The SMILES string of the molecule is CCOC(=O)/C=C/N1C=CC=CC1P(=O)(OCC)OCC. The molecule has 0 aliphatic carbocycles. The van der Waals surface area contributed by atoms with E-state index >= 15 is 0 Å². The molecule has 1 rings (SSSR count). The Morgan fingerprint density at radius 2 is 1.86 bits per heavy atom. The maximum atomic E-state index is 12.8. The molecular formula is C14H22NO5P. The van der Waals surface area contributed by atoms with Crippen LogP contribution in [-0.4, -0.2) is 36.5 Å². The van der Waals surface area contributed by atoms with Crippen molar-refractivity contribution in [1.82, 2.24) is 4.90 Å². The van der Waals surface area contributed by atoms with Crippen LogP contribution in [0, 0.1) is 0 Å². The van der Waals surface area contributed by atoms with Crippen molar-refractivity contribution in [2.45, 2.75) is 26.6 Å². The first-order chi connectivity index (χ1) is 10.1. The second-order valence-corrected chi connectivity index (χ2v) is 6.16. The molecule has 0 spiro atoms. The molecule has 1 unspecified atom stereocenters. The van der Waals surface area contributed by atoms with Gasteiger partial charge < -0.3 is 18.7 Å². The Balaban J connectivity index is 2.91. The summed E-state index contributed by atoms with van der Waals surface area (Å²) in [4.78, 5) is 13.0. The van der Waals surface area contributed by atoms with Gasteiger partial charge in [0.1, 0.15) is 0 Å². The maximum Gasteiger partial charge on any atom is 0.357 e. The molecule has 0 saturated carbocycles. The summed E-state index contributed by atoms with van der Waals surface area (Å²) in [6.07, 6.45) is 9.75. The van der Waals surface area contributed by atoms with E-state index in [1.165, 1.54) is 12.3 Å². The molecule has 0 amide bonds. The van der Waals surface area contributed by atoms with Gasteiger partial charge in [0.15, 0.2) is 5.78 Å². The second kappa shape index (κ2) is 8.82. The first-order valence-electron chi connectivity index (χ1n) is 6.93. The average Bonchev–Trinajstić information content (AvgIpc) is 2.46. The molecule has 0 radical (unpaired) electrons. The van der Waals surface area contributed by atoms with Gasteiger partial charge in [-0.1, -0.05) is 6.08 Å². The zero-order valence-corrected chi connectivity index (χ0v) is 13.5. The van der Waals surface area contributed by atoms with E-state index in [9.17, 15) is 9.36 Å². The Hall–Kier alpha value is -1.36. The van der Waals surface area contributed by atoms with E-state index < -0.39 is 19.3 Å². The summed E-state index contributed by atoms with van der Waals surface area (Å²) in [6.45, 7) is 6.11. The highest BCUT2D eigenvalue weighted by Crippen LogP contribution is 2.55. The highest BCUT2D eigenvalue weighted by molar-refractivity contribution is 7.54. The summed E-state index contributed by atoms with van der Waals surface area (Å²) in [6, 6.07) is 0. The molecule has 7 heteroatoms. The van der Waals surface area contributed by atoms with Crippen LogP contribution >= 0.6 is 7.60 Å². The quantitative estimate of drug-likeness (QED) is 0.390.